The zero-order chi connectivity index (χ0) is 12.3. The average Bonchev–Trinajstić information content (AvgIpc) is 2.18. The van der Waals surface area contributed by atoms with Crippen molar-refractivity contribution >= 4 is 51.8 Å². The maximum Gasteiger partial charge on any atom is 2.00 e. The largest absolute Gasteiger partial charge is 2.00 e. The monoisotopic (exact) mass is 285 g/mol. The first-order valence-electron chi connectivity index (χ1n) is 4.14. The van der Waals surface area contributed by atoms with Crippen molar-refractivity contribution in [1.29, 1.82) is 0 Å². The van der Waals surface area contributed by atoms with Crippen LogP contribution in [0.15, 0.2) is 6.20 Å². The molecule has 0 saturated heterocycles. The zero-order valence-electron chi connectivity index (χ0n) is 8.95. The van der Waals surface area contributed by atoms with E-state index in [1.54, 1.807) is 0 Å². The van der Waals surface area contributed by atoms with Gasteiger partial charge in [0.15, 0.2) is 6.29 Å². The van der Waals surface area contributed by atoms with Gasteiger partial charge in [-0.2, -0.15) is 0 Å². The number of rotatable bonds is 4. The van der Waals surface area contributed by atoms with Crippen LogP contribution in [-0.4, -0.2) is 54.1 Å². The topological polar surface area (TPSA) is 123 Å². The standard InChI is InChI=1S/C8H10NO6P.Ca/c1-5-8(11)7(3-10)6(2-9-5)4-15-16(12,13)14;/h2-3,11H,4H2,1H3,(H2,12,13,14);/q;+2/p-2. The van der Waals surface area contributed by atoms with E-state index in [4.69, 9.17) is 0 Å². The van der Waals surface area contributed by atoms with E-state index in [2.05, 4.69) is 9.51 Å². The molecule has 0 aromatic carbocycles. The fraction of sp³-hybridized carbons (Fsp3) is 0.250. The molecule has 0 radical (unpaired) electrons. The van der Waals surface area contributed by atoms with Crippen molar-refractivity contribution in [2.45, 2.75) is 13.5 Å². The summed E-state index contributed by atoms with van der Waals surface area (Å²) in [6.07, 6.45) is 1.50. The van der Waals surface area contributed by atoms with Gasteiger partial charge in [0.2, 0.25) is 0 Å². The van der Waals surface area contributed by atoms with Crippen LogP contribution < -0.4 is 9.79 Å². The minimum absolute atomic E-state index is 0. The van der Waals surface area contributed by atoms with E-state index in [0.717, 1.165) is 6.20 Å². The minimum Gasteiger partial charge on any atom is -0.790 e. The quantitative estimate of drug-likeness (QED) is 0.422. The Morgan fingerprint density at radius 2 is 2.18 bits per heavy atom. The number of phosphoric ester groups is 1. The first-order chi connectivity index (χ1) is 7.35. The van der Waals surface area contributed by atoms with Crippen LogP contribution in [-0.2, 0) is 15.7 Å². The summed E-state index contributed by atoms with van der Waals surface area (Å²) in [6.45, 7) is 0.845. The second-order valence-electron chi connectivity index (χ2n) is 2.97. The molecule has 1 aromatic heterocycles. The zero-order valence-corrected chi connectivity index (χ0v) is 12.1. The summed E-state index contributed by atoms with van der Waals surface area (Å²) in [5, 5.41) is 9.43. The number of pyridine rings is 1. The van der Waals surface area contributed by atoms with Crippen molar-refractivity contribution in [3.8, 4) is 5.75 Å². The third kappa shape index (κ3) is 5.01. The molecule has 9 heteroatoms. The Balaban J connectivity index is 0.00000256. The molecule has 1 heterocycles. The number of nitrogens with zero attached hydrogens (tertiary/aromatic N) is 1. The molecule has 0 bridgehead atoms. The summed E-state index contributed by atoms with van der Waals surface area (Å²) in [6, 6.07) is 0. The van der Waals surface area contributed by atoms with Gasteiger partial charge in [-0.25, -0.2) is 0 Å². The molecule has 0 aliphatic rings. The molecule has 7 nitrogen and oxygen atoms in total. The number of carbonyl (C=O) groups is 1. The van der Waals surface area contributed by atoms with E-state index in [0.29, 0.717) is 6.29 Å². The summed E-state index contributed by atoms with van der Waals surface area (Å²) >= 11 is 0. The van der Waals surface area contributed by atoms with Crippen LogP contribution in [0.25, 0.3) is 0 Å². The molecule has 0 saturated carbocycles. The molecular weight excluding hydrogens is 277 g/mol. The van der Waals surface area contributed by atoms with Gasteiger partial charge in [0.05, 0.1) is 25.7 Å². The van der Waals surface area contributed by atoms with E-state index < -0.39 is 14.4 Å². The van der Waals surface area contributed by atoms with Gasteiger partial charge in [0.25, 0.3) is 0 Å². The molecule has 0 amide bonds. The molecule has 1 aromatic rings. The number of aromatic hydroxyl groups is 1. The van der Waals surface area contributed by atoms with Crippen molar-refractivity contribution in [2.24, 2.45) is 0 Å². The van der Waals surface area contributed by atoms with Crippen molar-refractivity contribution in [2.75, 3.05) is 0 Å². The Morgan fingerprint density at radius 1 is 1.59 bits per heavy atom. The fourth-order valence-corrected chi connectivity index (χ4v) is 1.34. The molecule has 17 heavy (non-hydrogen) atoms. The van der Waals surface area contributed by atoms with Crippen LogP contribution in [0.5, 0.6) is 5.75 Å². The Bertz CT molecular complexity index is 460. The average molecular weight is 285 g/mol. The first kappa shape index (κ1) is 17.0. The number of aromatic nitrogens is 1. The maximum absolute atomic E-state index is 10.7. The first-order valence-corrected chi connectivity index (χ1v) is 5.60. The normalized spacial score (nSPS) is 10.8. The van der Waals surface area contributed by atoms with Gasteiger partial charge >= 0.3 is 37.7 Å². The number of aldehydes is 1. The predicted octanol–water partition coefficient (Wildman–Crippen LogP) is -1.13. The SMILES string of the molecule is Cc1ncc(COP(=O)([O-])[O-])c(C=O)c1O.[Ca+2]. The summed E-state index contributed by atoms with van der Waals surface area (Å²) < 4.78 is 14.2. The molecule has 0 aliphatic carbocycles. The number of aryl methyl sites for hydroxylation is 1. The molecule has 0 fully saturated rings. The van der Waals surface area contributed by atoms with Gasteiger partial charge in [-0.3, -0.25) is 9.78 Å². The van der Waals surface area contributed by atoms with Gasteiger partial charge in [-0.05, 0) is 6.92 Å². The Hall–Kier alpha value is -0.0103. The summed E-state index contributed by atoms with van der Waals surface area (Å²) in [4.78, 5) is 34.8. The Morgan fingerprint density at radius 3 is 2.65 bits per heavy atom. The second-order valence-corrected chi connectivity index (χ2v) is 4.12. The molecule has 88 valence electrons. The summed E-state index contributed by atoms with van der Waals surface area (Å²) in [7, 11) is -5.11. The van der Waals surface area contributed by atoms with Crippen molar-refractivity contribution in [3.05, 3.63) is 23.0 Å². The fourth-order valence-electron chi connectivity index (χ4n) is 1.05. The van der Waals surface area contributed by atoms with Gasteiger partial charge in [-0.1, -0.05) is 0 Å². The van der Waals surface area contributed by atoms with Crippen molar-refractivity contribution < 1.29 is 28.8 Å². The van der Waals surface area contributed by atoms with Crippen LogP contribution in [0.2, 0.25) is 0 Å². The molecule has 1 N–H and O–H groups in total. The number of phosphoric acid groups is 1. The number of hydrogen-bond donors (Lipinski definition) is 1. The molecule has 0 spiro atoms. The summed E-state index contributed by atoms with van der Waals surface area (Å²) in [5.74, 6) is -0.359. The van der Waals surface area contributed by atoms with E-state index >= 15 is 0 Å². The number of carbonyl (C=O) groups excluding carboxylic acids is 1. The summed E-state index contributed by atoms with van der Waals surface area (Å²) in [5.41, 5.74) is 0.115. The molecule has 0 aliphatic heterocycles. The third-order valence-electron chi connectivity index (χ3n) is 1.85. The van der Waals surface area contributed by atoms with E-state index in [-0.39, 0.29) is 60.3 Å². The van der Waals surface area contributed by atoms with Gasteiger partial charge < -0.3 is 24.0 Å². The van der Waals surface area contributed by atoms with Crippen LogP contribution in [0, 0.1) is 6.92 Å². The van der Waals surface area contributed by atoms with E-state index in [1.165, 1.54) is 6.92 Å². The Kier molecular flexibility index (Phi) is 6.79. The third-order valence-corrected chi connectivity index (χ3v) is 2.30. The number of hydrogen-bond acceptors (Lipinski definition) is 7. The van der Waals surface area contributed by atoms with Crippen molar-refractivity contribution in [3.63, 3.8) is 0 Å². The minimum atomic E-state index is -5.11. The maximum atomic E-state index is 10.7. The second kappa shape index (κ2) is 6.80. The molecule has 1 rings (SSSR count). The van der Waals surface area contributed by atoms with Gasteiger partial charge in [0, 0.05) is 11.8 Å². The molecule has 0 unspecified atom stereocenters. The molecule has 0 atom stereocenters. The van der Waals surface area contributed by atoms with Crippen LogP contribution in [0.1, 0.15) is 21.6 Å². The van der Waals surface area contributed by atoms with E-state index in [9.17, 15) is 24.3 Å². The van der Waals surface area contributed by atoms with E-state index in [1.807, 2.05) is 0 Å². The van der Waals surface area contributed by atoms with Crippen molar-refractivity contribution in [1.82, 2.24) is 4.98 Å². The van der Waals surface area contributed by atoms with Crippen LogP contribution in [0.4, 0.5) is 0 Å². The molecular formula is C8H8CaNO6P. The van der Waals surface area contributed by atoms with Crippen LogP contribution >= 0.6 is 7.82 Å². The smallest absolute Gasteiger partial charge is 0.790 e. The van der Waals surface area contributed by atoms with Gasteiger partial charge in [0.1, 0.15) is 5.75 Å². The van der Waals surface area contributed by atoms with Crippen LogP contribution in [0.3, 0.4) is 0 Å². The predicted molar refractivity (Wildman–Crippen MR) is 54.2 cm³/mol. The Labute approximate surface area is 127 Å². The van der Waals surface area contributed by atoms with Gasteiger partial charge in [-0.15, -0.1) is 0 Å².